The van der Waals surface area contributed by atoms with Gasteiger partial charge in [0.15, 0.2) is 5.13 Å². The summed E-state index contributed by atoms with van der Waals surface area (Å²) < 4.78 is 0. The van der Waals surface area contributed by atoms with Crippen LogP contribution in [0.2, 0.25) is 0 Å². The largest absolute Gasteiger partial charge is 0.365 e. The van der Waals surface area contributed by atoms with E-state index in [1.807, 2.05) is 12.4 Å². The van der Waals surface area contributed by atoms with Gasteiger partial charge in [0.25, 0.3) is 0 Å². The number of thiazole rings is 1. The summed E-state index contributed by atoms with van der Waals surface area (Å²) in [5.74, 6) is 0. The van der Waals surface area contributed by atoms with Crippen LogP contribution in [0.1, 0.15) is 5.69 Å². The highest BCUT2D eigenvalue weighted by Crippen LogP contribution is 2.12. The van der Waals surface area contributed by atoms with Crippen LogP contribution in [-0.4, -0.2) is 12.0 Å². The Morgan fingerprint density at radius 1 is 1.89 bits per heavy atom. The van der Waals surface area contributed by atoms with E-state index < -0.39 is 0 Å². The van der Waals surface area contributed by atoms with E-state index in [0.717, 1.165) is 10.8 Å². The van der Waals surface area contributed by atoms with Crippen molar-refractivity contribution >= 4 is 16.5 Å². The molecule has 0 bridgehead atoms. The summed E-state index contributed by atoms with van der Waals surface area (Å²) in [5.41, 5.74) is 6.28. The van der Waals surface area contributed by atoms with Crippen molar-refractivity contribution in [3.63, 3.8) is 0 Å². The second-order valence-corrected chi connectivity index (χ2v) is 2.46. The molecule has 1 aromatic rings. The molecule has 0 aliphatic rings. The summed E-state index contributed by atoms with van der Waals surface area (Å²) >= 11 is 1.57. The Balaban J connectivity index is 2.74. The molecule has 9 heavy (non-hydrogen) atoms. The minimum Gasteiger partial charge on any atom is -0.365 e. The first-order valence-electron chi connectivity index (χ1n) is 2.69. The smallest absolute Gasteiger partial charge is 0.182 e. The zero-order valence-corrected chi connectivity index (χ0v) is 6.03. The van der Waals surface area contributed by atoms with Crippen molar-refractivity contribution in [1.82, 2.24) is 4.98 Å². The predicted molar refractivity (Wildman–Crippen MR) is 39.6 cm³/mol. The molecule has 0 radical (unpaired) electrons. The van der Waals surface area contributed by atoms with Crippen molar-refractivity contribution in [2.24, 2.45) is 5.73 Å². The van der Waals surface area contributed by atoms with Crippen LogP contribution >= 0.6 is 11.3 Å². The summed E-state index contributed by atoms with van der Waals surface area (Å²) in [6.07, 6.45) is 0. The number of nitrogens with one attached hydrogen (secondary N) is 1. The minimum absolute atomic E-state index is 0.526. The molecule has 1 aromatic heterocycles. The lowest BCUT2D eigenvalue weighted by atomic mass is 10.5. The second-order valence-electron chi connectivity index (χ2n) is 1.60. The van der Waals surface area contributed by atoms with Crippen LogP contribution in [0.4, 0.5) is 5.13 Å². The molecule has 1 heterocycles. The van der Waals surface area contributed by atoms with Gasteiger partial charge >= 0.3 is 0 Å². The minimum atomic E-state index is 0.526. The number of hydrogen-bond donors (Lipinski definition) is 2. The van der Waals surface area contributed by atoms with E-state index in [-0.39, 0.29) is 0 Å². The van der Waals surface area contributed by atoms with Gasteiger partial charge in [0.2, 0.25) is 0 Å². The predicted octanol–water partition coefficient (Wildman–Crippen LogP) is 0.643. The molecule has 0 unspecified atom stereocenters. The molecule has 3 N–H and O–H groups in total. The van der Waals surface area contributed by atoms with Gasteiger partial charge in [0.1, 0.15) is 0 Å². The summed E-state index contributed by atoms with van der Waals surface area (Å²) in [6, 6.07) is 0. The molecule has 0 fully saturated rings. The highest BCUT2D eigenvalue weighted by molar-refractivity contribution is 7.13. The monoisotopic (exact) mass is 143 g/mol. The van der Waals surface area contributed by atoms with Crippen LogP contribution in [-0.2, 0) is 6.54 Å². The highest BCUT2D eigenvalue weighted by Gasteiger charge is 1.94. The average Bonchev–Trinajstić information content (AvgIpc) is 2.34. The Morgan fingerprint density at radius 3 is 3.00 bits per heavy atom. The van der Waals surface area contributed by atoms with E-state index in [9.17, 15) is 0 Å². The molecule has 0 aromatic carbocycles. The van der Waals surface area contributed by atoms with Crippen LogP contribution in [0.5, 0.6) is 0 Å². The first-order valence-corrected chi connectivity index (χ1v) is 3.57. The fraction of sp³-hybridized carbons (Fsp3) is 0.400. The SMILES string of the molecule is CNc1nc(CN)cs1. The number of anilines is 1. The Hall–Kier alpha value is -0.610. The number of nitrogens with two attached hydrogens (primary N) is 1. The lowest BCUT2D eigenvalue weighted by Crippen LogP contribution is -1.96. The molecule has 0 aliphatic carbocycles. The van der Waals surface area contributed by atoms with Gasteiger partial charge in [-0.2, -0.15) is 0 Å². The molecule has 3 nitrogen and oxygen atoms in total. The van der Waals surface area contributed by atoms with Crippen molar-refractivity contribution < 1.29 is 0 Å². The third-order valence-corrected chi connectivity index (χ3v) is 1.88. The Bertz CT molecular complexity index is 166. The van der Waals surface area contributed by atoms with E-state index in [0.29, 0.717) is 6.54 Å². The zero-order valence-electron chi connectivity index (χ0n) is 5.22. The average molecular weight is 143 g/mol. The standard InChI is InChI=1S/C5H9N3S/c1-7-5-8-4(2-6)3-9-5/h3H,2,6H2,1H3,(H,7,8). The van der Waals surface area contributed by atoms with Gasteiger partial charge in [-0.25, -0.2) is 4.98 Å². The first kappa shape index (κ1) is 6.51. The van der Waals surface area contributed by atoms with Crippen molar-refractivity contribution in [2.75, 3.05) is 12.4 Å². The van der Waals surface area contributed by atoms with Gasteiger partial charge in [0, 0.05) is 19.0 Å². The number of hydrogen-bond acceptors (Lipinski definition) is 4. The number of aromatic nitrogens is 1. The van der Waals surface area contributed by atoms with Gasteiger partial charge < -0.3 is 11.1 Å². The molecule has 0 saturated heterocycles. The Morgan fingerprint density at radius 2 is 2.67 bits per heavy atom. The molecular weight excluding hydrogens is 134 g/mol. The van der Waals surface area contributed by atoms with Crippen molar-refractivity contribution in [2.45, 2.75) is 6.54 Å². The van der Waals surface area contributed by atoms with Crippen LogP contribution < -0.4 is 11.1 Å². The molecule has 0 amide bonds. The number of rotatable bonds is 2. The fourth-order valence-corrected chi connectivity index (χ4v) is 1.20. The summed E-state index contributed by atoms with van der Waals surface area (Å²) in [5, 5.41) is 5.81. The lowest BCUT2D eigenvalue weighted by molar-refractivity contribution is 1.01. The van der Waals surface area contributed by atoms with Crippen molar-refractivity contribution in [3.8, 4) is 0 Å². The van der Waals surface area contributed by atoms with E-state index >= 15 is 0 Å². The topological polar surface area (TPSA) is 50.9 Å². The van der Waals surface area contributed by atoms with E-state index in [1.165, 1.54) is 0 Å². The summed E-state index contributed by atoms with van der Waals surface area (Å²) in [4.78, 5) is 4.13. The quantitative estimate of drug-likeness (QED) is 0.639. The molecule has 0 aliphatic heterocycles. The normalized spacial score (nSPS) is 9.56. The first-order chi connectivity index (χ1) is 4.36. The maximum atomic E-state index is 5.33. The highest BCUT2D eigenvalue weighted by atomic mass is 32.1. The maximum Gasteiger partial charge on any atom is 0.182 e. The van der Waals surface area contributed by atoms with E-state index in [1.54, 1.807) is 11.3 Å². The second kappa shape index (κ2) is 2.80. The Kier molecular flexibility index (Phi) is 2.02. The van der Waals surface area contributed by atoms with Crippen molar-refractivity contribution in [3.05, 3.63) is 11.1 Å². The van der Waals surface area contributed by atoms with E-state index in [2.05, 4.69) is 10.3 Å². The Labute approximate surface area is 57.9 Å². The zero-order chi connectivity index (χ0) is 6.69. The van der Waals surface area contributed by atoms with Crippen LogP contribution in [0.15, 0.2) is 5.38 Å². The molecule has 50 valence electrons. The number of nitrogens with zero attached hydrogens (tertiary/aromatic N) is 1. The van der Waals surface area contributed by atoms with Gasteiger partial charge in [-0.15, -0.1) is 11.3 Å². The molecular formula is C5H9N3S. The maximum absolute atomic E-state index is 5.33. The van der Waals surface area contributed by atoms with Gasteiger partial charge in [0.05, 0.1) is 5.69 Å². The lowest BCUT2D eigenvalue weighted by Gasteiger charge is -1.87. The van der Waals surface area contributed by atoms with Crippen molar-refractivity contribution in [1.29, 1.82) is 0 Å². The molecule has 0 spiro atoms. The van der Waals surface area contributed by atoms with Gasteiger partial charge in [-0.05, 0) is 0 Å². The van der Waals surface area contributed by atoms with Crippen LogP contribution in [0, 0.1) is 0 Å². The molecule has 1 rings (SSSR count). The van der Waals surface area contributed by atoms with E-state index in [4.69, 9.17) is 5.73 Å². The molecule has 0 saturated carbocycles. The fourth-order valence-electron chi connectivity index (χ4n) is 0.516. The summed E-state index contributed by atoms with van der Waals surface area (Å²) in [6.45, 7) is 0.526. The van der Waals surface area contributed by atoms with Crippen LogP contribution in [0.3, 0.4) is 0 Å². The van der Waals surface area contributed by atoms with Crippen LogP contribution in [0.25, 0.3) is 0 Å². The third-order valence-electron chi connectivity index (χ3n) is 0.975. The van der Waals surface area contributed by atoms with Gasteiger partial charge in [-0.1, -0.05) is 0 Å². The third kappa shape index (κ3) is 1.40. The summed E-state index contributed by atoms with van der Waals surface area (Å²) in [7, 11) is 1.85. The van der Waals surface area contributed by atoms with Gasteiger partial charge in [-0.3, -0.25) is 0 Å². The molecule has 0 atom stereocenters. The molecule has 4 heteroatoms.